The van der Waals surface area contributed by atoms with Gasteiger partial charge in [-0.05, 0) is 36.6 Å². The van der Waals surface area contributed by atoms with Crippen molar-refractivity contribution in [2.75, 3.05) is 31.6 Å². The maximum atomic E-state index is 6.10. The number of aryl methyl sites for hydroxylation is 1. The third-order valence-electron chi connectivity index (χ3n) is 4.39. The van der Waals surface area contributed by atoms with Gasteiger partial charge in [0.1, 0.15) is 0 Å². The Morgan fingerprint density at radius 1 is 1.42 bits per heavy atom. The van der Waals surface area contributed by atoms with E-state index >= 15 is 0 Å². The molecule has 0 amide bonds. The van der Waals surface area contributed by atoms with Crippen molar-refractivity contribution in [1.29, 1.82) is 0 Å². The van der Waals surface area contributed by atoms with Crippen LogP contribution in [0.2, 0.25) is 5.02 Å². The topological polar surface area (TPSA) is 57.5 Å². The normalized spacial score (nSPS) is 17.1. The van der Waals surface area contributed by atoms with Gasteiger partial charge in [-0.15, -0.1) is 24.0 Å². The summed E-state index contributed by atoms with van der Waals surface area (Å²) >= 11 is 6.10. The second-order valence-electron chi connectivity index (χ2n) is 6.33. The van der Waals surface area contributed by atoms with Gasteiger partial charge in [-0.25, -0.2) is 0 Å². The monoisotopic (exact) mass is 488 g/mol. The van der Waals surface area contributed by atoms with Crippen LogP contribution in [0.1, 0.15) is 12.0 Å². The summed E-state index contributed by atoms with van der Waals surface area (Å²) in [6, 6.07) is 8.41. The molecule has 142 valence electrons. The highest BCUT2D eigenvalue weighted by atomic mass is 127. The summed E-state index contributed by atoms with van der Waals surface area (Å²) in [6.07, 6.45) is 5.94. The summed E-state index contributed by atoms with van der Waals surface area (Å²) in [5.41, 5.74) is 2.40. The number of nitrogens with zero attached hydrogens (tertiary/aromatic N) is 4. The number of aliphatic imine (C=N–C) groups is 1. The van der Waals surface area contributed by atoms with E-state index in [1.807, 2.05) is 49.4 Å². The second kappa shape index (κ2) is 10.0. The molecule has 0 saturated carbocycles. The number of aromatic nitrogens is 2. The van der Waals surface area contributed by atoms with Gasteiger partial charge in [-0.1, -0.05) is 17.7 Å². The minimum absolute atomic E-state index is 0. The van der Waals surface area contributed by atoms with Crippen LogP contribution in [-0.2, 0) is 13.5 Å². The largest absolute Gasteiger partial charge is 0.369 e. The van der Waals surface area contributed by atoms with Gasteiger partial charge in [0.2, 0.25) is 0 Å². The molecule has 1 saturated heterocycles. The molecule has 0 bridgehead atoms. The second-order valence-corrected chi connectivity index (χ2v) is 6.76. The molecular weight excluding hydrogens is 463 g/mol. The minimum Gasteiger partial charge on any atom is -0.369 e. The zero-order valence-corrected chi connectivity index (χ0v) is 18.2. The lowest BCUT2D eigenvalue weighted by Gasteiger charge is -2.20. The predicted octanol–water partition coefficient (Wildman–Crippen LogP) is 2.68. The van der Waals surface area contributed by atoms with E-state index in [2.05, 4.69) is 31.7 Å². The van der Waals surface area contributed by atoms with E-state index in [1.54, 1.807) is 0 Å². The van der Waals surface area contributed by atoms with Gasteiger partial charge in [0.25, 0.3) is 0 Å². The maximum absolute atomic E-state index is 6.10. The van der Waals surface area contributed by atoms with Crippen molar-refractivity contribution in [1.82, 2.24) is 20.4 Å². The van der Waals surface area contributed by atoms with Gasteiger partial charge in [-0.3, -0.25) is 9.67 Å². The Morgan fingerprint density at radius 2 is 2.27 bits per heavy atom. The summed E-state index contributed by atoms with van der Waals surface area (Å²) in [5, 5.41) is 11.9. The zero-order valence-electron chi connectivity index (χ0n) is 15.2. The lowest BCUT2D eigenvalue weighted by molar-refractivity contribution is 0.648. The molecule has 2 heterocycles. The van der Waals surface area contributed by atoms with Gasteiger partial charge >= 0.3 is 0 Å². The first-order valence-corrected chi connectivity index (χ1v) is 8.97. The van der Waals surface area contributed by atoms with Crippen LogP contribution in [0.4, 0.5) is 5.69 Å². The first-order valence-electron chi connectivity index (χ1n) is 8.59. The molecule has 1 fully saturated rings. The molecule has 1 unspecified atom stereocenters. The quantitative estimate of drug-likeness (QED) is 0.386. The van der Waals surface area contributed by atoms with Crippen LogP contribution in [0, 0.1) is 0 Å². The molecule has 3 rings (SSSR count). The van der Waals surface area contributed by atoms with E-state index in [-0.39, 0.29) is 24.0 Å². The molecule has 1 aromatic heterocycles. The Morgan fingerprint density at radius 3 is 2.96 bits per heavy atom. The summed E-state index contributed by atoms with van der Waals surface area (Å²) in [6.45, 7) is 2.80. The number of benzene rings is 1. The number of halogens is 2. The van der Waals surface area contributed by atoms with Crippen LogP contribution in [-0.4, -0.2) is 48.5 Å². The fourth-order valence-electron chi connectivity index (χ4n) is 3.10. The Bertz CT molecular complexity index is 732. The number of rotatable bonds is 5. The van der Waals surface area contributed by atoms with Crippen LogP contribution in [0.3, 0.4) is 0 Å². The molecule has 2 aromatic rings. The molecule has 0 aliphatic carbocycles. The van der Waals surface area contributed by atoms with Crippen molar-refractivity contribution < 1.29 is 0 Å². The van der Waals surface area contributed by atoms with Crippen molar-refractivity contribution in [3.05, 3.63) is 47.2 Å². The van der Waals surface area contributed by atoms with E-state index in [0.29, 0.717) is 6.04 Å². The van der Waals surface area contributed by atoms with E-state index in [0.717, 1.165) is 43.5 Å². The summed E-state index contributed by atoms with van der Waals surface area (Å²) in [7, 11) is 3.74. The van der Waals surface area contributed by atoms with Crippen molar-refractivity contribution >= 4 is 47.2 Å². The predicted molar refractivity (Wildman–Crippen MR) is 119 cm³/mol. The third-order valence-corrected chi connectivity index (χ3v) is 4.63. The molecular formula is C18H26ClIN6. The zero-order chi connectivity index (χ0) is 17.6. The highest BCUT2D eigenvalue weighted by Crippen LogP contribution is 2.23. The highest BCUT2D eigenvalue weighted by molar-refractivity contribution is 14.0. The van der Waals surface area contributed by atoms with Gasteiger partial charge in [0, 0.05) is 56.7 Å². The maximum Gasteiger partial charge on any atom is 0.191 e. The van der Waals surface area contributed by atoms with Crippen LogP contribution in [0.5, 0.6) is 0 Å². The first-order chi connectivity index (χ1) is 12.1. The van der Waals surface area contributed by atoms with Crippen molar-refractivity contribution in [3.63, 3.8) is 0 Å². The average Bonchev–Trinajstić information content (AvgIpc) is 3.23. The SMILES string of the molecule is CN=C(NCCc1cnn(C)c1)NC1CCN(c2cccc(Cl)c2)C1.I. The van der Waals surface area contributed by atoms with Crippen molar-refractivity contribution in [2.45, 2.75) is 18.9 Å². The average molecular weight is 489 g/mol. The summed E-state index contributed by atoms with van der Waals surface area (Å²) in [5.74, 6) is 0.849. The Kier molecular flexibility index (Phi) is 8.02. The van der Waals surface area contributed by atoms with Crippen LogP contribution in [0.25, 0.3) is 0 Å². The van der Waals surface area contributed by atoms with Gasteiger partial charge < -0.3 is 15.5 Å². The van der Waals surface area contributed by atoms with Crippen LogP contribution in [0.15, 0.2) is 41.7 Å². The Hall–Kier alpha value is -1.48. The summed E-state index contributed by atoms with van der Waals surface area (Å²) in [4.78, 5) is 6.69. The molecule has 26 heavy (non-hydrogen) atoms. The van der Waals surface area contributed by atoms with E-state index < -0.39 is 0 Å². The third kappa shape index (κ3) is 5.77. The molecule has 1 aliphatic rings. The molecule has 1 aromatic carbocycles. The van der Waals surface area contributed by atoms with Crippen LogP contribution < -0.4 is 15.5 Å². The standard InChI is InChI=1S/C18H25ClN6.HI/c1-20-18(21-8-6-14-11-22-24(2)12-14)23-16-7-9-25(13-16)17-5-3-4-15(19)10-17;/h3-5,10-12,16H,6-9,13H2,1-2H3,(H2,20,21,23);1H. The van der Waals surface area contributed by atoms with Crippen LogP contribution >= 0.6 is 35.6 Å². The number of hydrogen-bond donors (Lipinski definition) is 2. The molecule has 2 N–H and O–H groups in total. The number of nitrogens with one attached hydrogen (secondary N) is 2. The minimum atomic E-state index is 0. The number of anilines is 1. The van der Waals surface area contributed by atoms with Gasteiger partial charge in [0.05, 0.1) is 6.20 Å². The lowest BCUT2D eigenvalue weighted by Crippen LogP contribution is -2.45. The number of guanidine groups is 1. The molecule has 1 aliphatic heterocycles. The fourth-order valence-corrected chi connectivity index (χ4v) is 3.28. The molecule has 8 heteroatoms. The van der Waals surface area contributed by atoms with Crippen molar-refractivity contribution in [2.24, 2.45) is 12.0 Å². The van der Waals surface area contributed by atoms with Gasteiger partial charge in [0.15, 0.2) is 5.96 Å². The first kappa shape index (κ1) is 20.8. The van der Waals surface area contributed by atoms with Gasteiger partial charge in [-0.2, -0.15) is 5.10 Å². The molecule has 6 nitrogen and oxygen atoms in total. The van der Waals surface area contributed by atoms with E-state index in [1.165, 1.54) is 11.3 Å². The van der Waals surface area contributed by atoms with Crippen molar-refractivity contribution in [3.8, 4) is 0 Å². The Balaban J connectivity index is 0.00000243. The molecule has 0 spiro atoms. The summed E-state index contributed by atoms with van der Waals surface area (Å²) < 4.78 is 1.82. The lowest BCUT2D eigenvalue weighted by atomic mass is 10.2. The molecule has 1 atom stereocenters. The number of hydrogen-bond acceptors (Lipinski definition) is 3. The highest BCUT2D eigenvalue weighted by Gasteiger charge is 2.23. The molecule has 0 radical (unpaired) electrons. The fraction of sp³-hybridized carbons (Fsp3) is 0.444. The van der Waals surface area contributed by atoms with E-state index in [4.69, 9.17) is 11.6 Å². The smallest absolute Gasteiger partial charge is 0.191 e. The Labute approximate surface area is 177 Å². The van der Waals surface area contributed by atoms with E-state index in [9.17, 15) is 0 Å².